The van der Waals surface area contributed by atoms with Crippen LogP contribution in [0.2, 0.25) is 0 Å². The van der Waals surface area contributed by atoms with Crippen LogP contribution in [0.1, 0.15) is 0 Å². The van der Waals surface area contributed by atoms with Crippen LogP contribution in [0.5, 0.6) is 0 Å². The van der Waals surface area contributed by atoms with E-state index in [0.29, 0.717) is 30.2 Å². The second-order valence-electron chi connectivity index (χ2n) is 3.45. The summed E-state index contributed by atoms with van der Waals surface area (Å²) in [5, 5.41) is 12.2. The van der Waals surface area contributed by atoms with Crippen molar-refractivity contribution in [3.05, 3.63) is 48.5 Å². The molecule has 0 aromatic heterocycles. The van der Waals surface area contributed by atoms with E-state index < -0.39 is 5.50 Å². The number of rotatable bonds is 5. The van der Waals surface area contributed by atoms with Crippen molar-refractivity contribution in [2.45, 2.75) is 5.50 Å². The van der Waals surface area contributed by atoms with Crippen LogP contribution in [0.15, 0.2) is 48.5 Å². The predicted octanol–water partition coefficient (Wildman–Crippen LogP) is 1.41. The summed E-state index contributed by atoms with van der Waals surface area (Å²) < 4.78 is 0. The zero-order chi connectivity index (χ0) is 12.8. The van der Waals surface area contributed by atoms with Crippen molar-refractivity contribution < 1.29 is 0 Å². The first-order valence-corrected chi connectivity index (χ1v) is 5.57. The van der Waals surface area contributed by atoms with E-state index in [0.717, 1.165) is 0 Å². The van der Waals surface area contributed by atoms with E-state index in [4.69, 9.17) is 22.6 Å². The summed E-state index contributed by atoms with van der Waals surface area (Å²) in [6, 6.07) is 2.10. The molecule has 0 spiro atoms. The molecule has 0 aromatic rings. The Balaban J connectivity index is 3.03. The van der Waals surface area contributed by atoms with Crippen LogP contribution in [0.25, 0.3) is 0 Å². The molecule has 1 atom stereocenters. The summed E-state index contributed by atoms with van der Waals surface area (Å²) >= 11 is 6.21. The smallest absolute Gasteiger partial charge is 0.143 e. The monoisotopic (exact) mass is 250 g/mol. The quantitative estimate of drug-likeness (QED) is 0.440. The molecule has 0 saturated heterocycles. The largest absolute Gasteiger partial charge is 0.385 e. The number of hydrogen-bond acceptors (Lipinski definition) is 4. The molecule has 0 aliphatic carbocycles. The fourth-order valence-electron chi connectivity index (χ4n) is 1.50. The number of allylic oxidation sites excluding steroid dienone is 1. The maximum Gasteiger partial charge on any atom is 0.143 e. The molecule has 1 aliphatic rings. The molecule has 1 aliphatic heterocycles. The topological polar surface area (TPSA) is 65.1 Å². The van der Waals surface area contributed by atoms with Crippen LogP contribution in [-0.4, -0.2) is 23.5 Å². The van der Waals surface area contributed by atoms with Crippen LogP contribution >= 0.6 is 11.6 Å². The van der Waals surface area contributed by atoms with Crippen LogP contribution in [-0.2, 0) is 0 Å². The lowest BCUT2D eigenvalue weighted by atomic mass is 10.1. The maximum atomic E-state index is 9.12. The Morgan fingerprint density at radius 2 is 2.29 bits per heavy atom. The summed E-state index contributed by atoms with van der Waals surface area (Å²) in [5.74, 6) is 0.510. The van der Waals surface area contributed by atoms with Gasteiger partial charge in [0, 0.05) is 19.2 Å². The van der Waals surface area contributed by atoms with E-state index in [-0.39, 0.29) is 0 Å². The summed E-state index contributed by atoms with van der Waals surface area (Å²) in [6.45, 7) is 8.28. The standard InChI is InChI=1S/C12H15ClN4/c1-3-5-16-10-7-11(15)17(6-4-2)12(13)9(10)8-14/h3-4,7,12,16H,1-2,5-6,15H2. The van der Waals surface area contributed by atoms with Crippen molar-refractivity contribution in [3.63, 3.8) is 0 Å². The Labute approximate surface area is 106 Å². The Kier molecular flexibility index (Phi) is 4.68. The summed E-state index contributed by atoms with van der Waals surface area (Å²) in [4.78, 5) is 1.70. The summed E-state index contributed by atoms with van der Waals surface area (Å²) in [5.41, 5.74) is 6.40. The molecular weight excluding hydrogens is 236 g/mol. The van der Waals surface area contributed by atoms with Gasteiger partial charge >= 0.3 is 0 Å². The van der Waals surface area contributed by atoms with Crippen molar-refractivity contribution in [3.8, 4) is 6.07 Å². The molecule has 1 rings (SSSR count). The van der Waals surface area contributed by atoms with Crippen molar-refractivity contribution in [1.82, 2.24) is 10.2 Å². The Bertz CT molecular complexity index is 417. The van der Waals surface area contributed by atoms with Crippen molar-refractivity contribution in [2.75, 3.05) is 13.1 Å². The van der Waals surface area contributed by atoms with Gasteiger partial charge in [0.1, 0.15) is 17.4 Å². The lowest BCUT2D eigenvalue weighted by Crippen LogP contribution is -2.40. The minimum absolute atomic E-state index is 0.449. The van der Waals surface area contributed by atoms with Gasteiger partial charge in [-0.15, -0.1) is 13.2 Å². The molecule has 0 aromatic carbocycles. The lowest BCUT2D eigenvalue weighted by molar-refractivity contribution is 0.370. The molecule has 90 valence electrons. The molecular formula is C12H15ClN4. The highest BCUT2D eigenvalue weighted by Gasteiger charge is 2.27. The molecule has 4 nitrogen and oxygen atoms in total. The highest BCUT2D eigenvalue weighted by molar-refractivity contribution is 6.22. The number of hydrogen-bond donors (Lipinski definition) is 2. The zero-order valence-corrected chi connectivity index (χ0v) is 10.2. The maximum absolute atomic E-state index is 9.12. The van der Waals surface area contributed by atoms with E-state index in [1.54, 1.807) is 23.1 Å². The summed E-state index contributed by atoms with van der Waals surface area (Å²) in [6.07, 6.45) is 5.09. The van der Waals surface area contributed by atoms with E-state index in [1.165, 1.54) is 0 Å². The van der Waals surface area contributed by atoms with Gasteiger partial charge in [0.25, 0.3) is 0 Å². The third-order valence-corrected chi connectivity index (χ3v) is 2.76. The van der Waals surface area contributed by atoms with Crippen LogP contribution < -0.4 is 11.1 Å². The van der Waals surface area contributed by atoms with Crippen molar-refractivity contribution in [1.29, 1.82) is 5.26 Å². The number of alkyl halides is 1. The first-order valence-electron chi connectivity index (χ1n) is 5.13. The number of nitriles is 1. The van der Waals surface area contributed by atoms with E-state index >= 15 is 0 Å². The first-order chi connectivity index (χ1) is 8.15. The van der Waals surface area contributed by atoms with Gasteiger partial charge in [-0.25, -0.2) is 0 Å². The average Bonchev–Trinajstić information content (AvgIpc) is 2.31. The third kappa shape index (κ3) is 2.83. The number of nitrogens with two attached hydrogens (primary N) is 1. The van der Waals surface area contributed by atoms with Gasteiger partial charge in [-0.1, -0.05) is 23.8 Å². The molecule has 0 fully saturated rings. The zero-order valence-electron chi connectivity index (χ0n) is 9.49. The van der Waals surface area contributed by atoms with Gasteiger partial charge in [-0.2, -0.15) is 5.26 Å². The minimum Gasteiger partial charge on any atom is -0.385 e. The Morgan fingerprint density at radius 3 is 2.82 bits per heavy atom. The molecule has 0 bridgehead atoms. The molecule has 5 heteroatoms. The molecule has 1 unspecified atom stereocenters. The minimum atomic E-state index is -0.574. The molecule has 0 radical (unpaired) electrons. The number of halogens is 1. The highest BCUT2D eigenvalue weighted by Crippen LogP contribution is 2.25. The third-order valence-electron chi connectivity index (χ3n) is 2.31. The van der Waals surface area contributed by atoms with Crippen LogP contribution in [0.4, 0.5) is 0 Å². The fraction of sp³-hybridized carbons (Fsp3) is 0.250. The molecule has 0 amide bonds. The number of nitrogens with one attached hydrogen (secondary N) is 1. The van der Waals surface area contributed by atoms with Gasteiger partial charge in [0.15, 0.2) is 0 Å². The average molecular weight is 251 g/mol. The van der Waals surface area contributed by atoms with E-state index in [1.807, 2.05) is 0 Å². The predicted molar refractivity (Wildman–Crippen MR) is 69.7 cm³/mol. The van der Waals surface area contributed by atoms with Gasteiger partial charge in [0.05, 0.1) is 11.3 Å². The first kappa shape index (κ1) is 13.2. The second-order valence-corrected chi connectivity index (χ2v) is 3.87. The van der Waals surface area contributed by atoms with Gasteiger partial charge in [-0.3, -0.25) is 0 Å². The van der Waals surface area contributed by atoms with Crippen LogP contribution in [0.3, 0.4) is 0 Å². The van der Waals surface area contributed by atoms with E-state index in [2.05, 4.69) is 24.5 Å². The molecule has 17 heavy (non-hydrogen) atoms. The Hall–Kier alpha value is -1.86. The van der Waals surface area contributed by atoms with Crippen LogP contribution in [0, 0.1) is 11.3 Å². The normalized spacial score (nSPS) is 19.4. The summed E-state index contributed by atoms with van der Waals surface area (Å²) in [7, 11) is 0. The van der Waals surface area contributed by atoms with Crippen molar-refractivity contribution in [2.24, 2.45) is 5.73 Å². The molecule has 1 heterocycles. The molecule has 3 N–H and O–H groups in total. The highest BCUT2D eigenvalue weighted by atomic mass is 35.5. The van der Waals surface area contributed by atoms with Gasteiger partial charge in [-0.05, 0) is 0 Å². The SMILES string of the molecule is C=CCNC1=C(C#N)C(Cl)N(CC=C)C(N)=C1. The molecule has 0 saturated carbocycles. The van der Waals surface area contributed by atoms with Crippen molar-refractivity contribution >= 4 is 11.6 Å². The number of nitrogens with zero attached hydrogens (tertiary/aromatic N) is 2. The fourth-order valence-corrected chi connectivity index (χ4v) is 1.86. The van der Waals surface area contributed by atoms with Gasteiger partial charge in [0.2, 0.25) is 0 Å². The lowest BCUT2D eigenvalue weighted by Gasteiger charge is -2.32. The van der Waals surface area contributed by atoms with E-state index in [9.17, 15) is 0 Å². The van der Waals surface area contributed by atoms with Gasteiger partial charge < -0.3 is 16.0 Å². The Morgan fingerprint density at radius 1 is 1.59 bits per heavy atom. The second kappa shape index (κ2) is 6.02.